The van der Waals surface area contributed by atoms with Crippen molar-refractivity contribution in [3.63, 3.8) is 0 Å². The highest BCUT2D eigenvalue weighted by atomic mass is 19.4. The number of hydrogen-bond acceptors (Lipinski definition) is 5. The van der Waals surface area contributed by atoms with Crippen LogP contribution in [0.4, 0.5) is 13.2 Å². The minimum atomic E-state index is -5.08. The molecule has 1 amide bonds. The van der Waals surface area contributed by atoms with Gasteiger partial charge in [-0.2, -0.15) is 13.2 Å². The molecule has 1 fully saturated rings. The molecule has 1 unspecified atom stereocenters. The van der Waals surface area contributed by atoms with Gasteiger partial charge in [-0.05, 0) is 82.3 Å². The molecule has 0 bridgehead atoms. The third-order valence-corrected chi connectivity index (χ3v) is 6.39. The predicted octanol–water partition coefficient (Wildman–Crippen LogP) is 3.25. The SMILES string of the molecule is CN(C)CC(=O)N1C(C2=CCC(C)(C)CC2)=C(N)C=CC1C1CCNCC1.O=C(O)C(F)(F)F. The van der Waals surface area contributed by atoms with Gasteiger partial charge in [-0.1, -0.05) is 26.0 Å². The zero-order valence-corrected chi connectivity index (χ0v) is 20.4. The van der Waals surface area contributed by atoms with Gasteiger partial charge < -0.3 is 26.0 Å². The van der Waals surface area contributed by atoms with Gasteiger partial charge in [-0.15, -0.1) is 0 Å². The number of hydrogen-bond donors (Lipinski definition) is 3. The van der Waals surface area contributed by atoms with E-state index in [4.69, 9.17) is 15.6 Å². The zero-order chi connectivity index (χ0) is 25.7. The number of allylic oxidation sites excluding steroid dienone is 3. The highest BCUT2D eigenvalue weighted by molar-refractivity contribution is 5.82. The van der Waals surface area contributed by atoms with Crippen molar-refractivity contribution in [1.82, 2.24) is 15.1 Å². The molecule has 10 heteroatoms. The van der Waals surface area contributed by atoms with Crippen LogP contribution in [0.15, 0.2) is 35.2 Å². The van der Waals surface area contributed by atoms with Crippen LogP contribution in [0.3, 0.4) is 0 Å². The summed E-state index contributed by atoms with van der Waals surface area (Å²) >= 11 is 0. The lowest BCUT2D eigenvalue weighted by molar-refractivity contribution is -0.192. The van der Waals surface area contributed by atoms with E-state index in [0.717, 1.165) is 56.6 Å². The molecule has 2 aliphatic heterocycles. The molecular weight excluding hydrogens is 449 g/mol. The highest BCUT2D eigenvalue weighted by Crippen LogP contribution is 2.40. The molecule has 0 radical (unpaired) electrons. The first-order chi connectivity index (χ1) is 15.7. The Morgan fingerprint density at radius 3 is 2.32 bits per heavy atom. The molecule has 1 aliphatic carbocycles. The lowest BCUT2D eigenvalue weighted by atomic mass is 9.76. The van der Waals surface area contributed by atoms with E-state index in [1.54, 1.807) is 0 Å². The summed E-state index contributed by atoms with van der Waals surface area (Å²) in [7, 11) is 3.90. The van der Waals surface area contributed by atoms with Crippen LogP contribution < -0.4 is 11.1 Å². The third kappa shape index (κ3) is 7.59. The number of aliphatic carboxylic acids is 1. The van der Waals surface area contributed by atoms with Gasteiger partial charge in [0, 0.05) is 0 Å². The van der Waals surface area contributed by atoms with Crippen LogP contribution >= 0.6 is 0 Å². The second-order valence-corrected chi connectivity index (χ2v) is 10.1. The van der Waals surface area contributed by atoms with Crippen LogP contribution in [-0.4, -0.2) is 72.7 Å². The van der Waals surface area contributed by atoms with Gasteiger partial charge in [0.25, 0.3) is 0 Å². The smallest absolute Gasteiger partial charge is 0.475 e. The quantitative estimate of drug-likeness (QED) is 0.564. The number of halogens is 3. The second-order valence-electron chi connectivity index (χ2n) is 10.1. The van der Waals surface area contributed by atoms with Crippen molar-refractivity contribution in [2.75, 3.05) is 33.7 Å². The molecule has 2 heterocycles. The largest absolute Gasteiger partial charge is 0.490 e. The number of nitrogens with zero attached hydrogens (tertiary/aromatic N) is 2. The Balaban J connectivity index is 0.000000509. The molecule has 34 heavy (non-hydrogen) atoms. The van der Waals surface area contributed by atoms with E-state index in [9.17, 15) is 18.0 Å². The van der Waals surface area contributed by atoms with Crippen molar-refractivity contribution in [2.24, 2.45) is 17.1 Å². The summed E-state index contributed by atoms with van der Waals surface area (Å²) in [5.41, 5.74) is 9.75. The first-order valence-electron chi connectivity index (χ1n) is 11.6. The fraction of sp³-hybridized carbons (Fsp3) is 0.667. The minimum Gasteiger partial charge on any atom is -0.475 e. The topological polar surface area (TPSA) is 98.9 Å². The fourth-order valence-corrected chi connectivity index (χ4v) is 4.48. The highest BCUT2D eigenvalue weighted by Gasteiger charge is 2.39. The number of carboxylic acids is 1. The standard InChI is InChI=1S/C22H36N4O.C2HF3O2/c1-22(2)11-7-17(8-12-22)21-18(23)5-6-19(16-9-13-24-14-10-16)26(21)20(27)15-25(3)4;3-2(4,5)1(6)7/h5-7,16,19,24H,8-15,23H2,1-4H3;(H,6,7). The van der Waals surface area contributed by atoms with Crippen molar-refractivity contribution in [3.05, 3.63) is 35.2 Å². The van der Waals surface area contributed by atoms with Gasteiger partial charge in [0.2, 0.25) is 5.91 Å². The van der Waals surface area contributed by atoms with Crippen LogP contribution in [0.2, 0.25) is 0 Å². The Kier molecular flexibility index (Phi) is 9.36. The first kappa shape index (κ1) is 27.9. The van der Waals surface area contributed by atoms with Gasteiger partial charge in [-0.25, -0.2) is 4.79 Å². The van der Waals surface area contributed by atoms with Crippen LogP contribution in [0, 0.1) is 11.3 Å². The molecule has 0 saturated carbocycles. The van der Waals surface area contributed by atoms with Crippen molar-refractivity contribution >= 4 is 11.9 Å². The van der Waals surface area contributed by atoms with Gasteiger partial charge in [0.05, 0.1) is 24.0 Å². The van der Waals surface area contributed by atoms with E-state index in [1.165, 1.54) is 5.57 Å². The summed E-state index contributed by atoms with van der Waals surface area (Å²) < 4.78 is 31.7. The molecule has 0 aromatic heterocycles. The van der Waals surface area contributed by atoms with Gasteiger partial charge in [0.15, 0.2) is 0 Å². The number of alkyl halides is 3. The lowest BCUT2D eigenvalue weighted by Crippen LogP contribution is -2.50. The summed E-state index contributed by atoms with van der Waals surface area (Å²) in [5, 5.41) is 10.6. The fourth-order valence-electron chi connectivity index (χ4n) is 4.48. The molecule has 0 aromatic rings. The average Bonchev–Trinajstić information content (AvgIpc) is 2.74. The van der Waals surface area contributed by atoms with Gasteiger partial charge >= 0.3 is 12.1 Å². The molecule has 1 atom stereocenters. The maximum atomic E-state index is 13.3. The number of rotatable bonds is 4. The zero-order valence-electron chi connectivity index (χ0n) is 20.4. The average molecular weight is 487 g/mol. The number of carboxylic acid groups (broad SMARTS) is 1. The Hall–Kier alpha value is -2.33. The van der Waals surface area contributed by atoms with E-state index < -0.39 is 12.1 Å². The Bertz CT molecular complexity index is 841. The summed E-state index contributed by atoms with van der Waals surface area (Å²) in [6.45, 7) is 7.08. The molecule has 0 aromatic carbocycles. The van der Waals surface area contributed by atoms with Crippen LogP contribution in [0.1, 0.15) is 46.0 Å². The Labute approximate surface area is 199 Å². The van der Waals surface area contributed by atoms with Gasteiger partial charge in [-0.3, -0.25) is 4.79 Å². The molecule has 3 rings (SSSR count). The number of carbonyl (C=O) groups is 2. The monoisotopic (exact) mass is 486 g/mol. The van der Waals surface area contributed by atoms with Crippen molar-refractivity contribution < 1.29 is 27.9 Å². The van der Waals surface area contributed by atoms with E-state index in [2.05, 4.69) is 31.3 Å². The molecule has 7 nitrogen and oxygen atoms in total. The van der Waals surface area contributed by atoms with Crippen molar-refractivity contribution in [3.8, 4) is 0 Å². The molecule has 1 saturated heterocycles. The summed E-state index contributed by atoms with van der Waals surface area (Å²) in [4.78, 5) is 26.2. The number of nitrogens with two attached hydrogens (primary N) is 1. The summed E-state index contributed by atoms with van der Waals surface area (Å²) in [6, 6.07) is 0.109. The van der Waals surface area contributed by atoms with Crippen LogP contribution in [-0.2, 0) is 9.59 Å². The molecule has 4 N–H and O–H groups in total. The molecule has 0 spiro atoms. The van der Waals surface area contributed by atoms with Crippen molar-refractivity contribution in [2.45, 2.75) is 58.2 Å². The minimum absolute atomic E-state index is 0.109. The maximum Gasteiger partial charge on any atom is 0.490 e. The predicted molar refractivity (Wildman–Crippen MR) is 125 cm³/mol. The summed E-state index contributed by atoms with van der Waals surface area (Å²) in [6.07, 6.45) is 6.79. The summed E-state index contributed by atoms with van der Waals surface area (Å²) in [5.74, 6) is -2.12. The normalized spacial score (nSPS) is 23.4. The van der Waals surface area contributed by atoms with E-state index in [-0.39, 0.29) is 11.9 Å². The van der Waals surface area contributed by atoms with Crippen LogP contribution in [0.5, 0.6) is 0 Å². The van der Waals surface area contributed by atoms with E-state index in [1.807, 2.05) is 30.0 Å². The number of carbonyl (C=O) groups excluding carboxylic acids is 1. The number of piperidine rings is 1. The van der Waals surface area contributed by atoms with Gasteiger partial charge in [0.1, 0.15) is 0 Å². The molecule has 3 aliphatic rings. The second kappa shape index (κ2) is 11.4. The van der Waals surface area contributed by atoms with E-state index in [0.29, 0.717) is 17.9 Å². The molecule has 192 valence electrons. The van der Waals surface area contributed by atoms with Crippen LogP contribution in [0.25, 0.3) is 0 Å². The molecular formula is C24H37F3N4O3. The number of amides is 1. The van der Waals surface area contributed by atoms with E-state index >= 15 is 0 Å². The lowest BCUT2D eigenvalue weighted by Gasteiger charge is -2.43. The first-order valence-corrected chi connectivity index (χ1v) is 11.6. The number of nitrogens with one attached hydrogen (secondary N) is 1. The maximum absolute atomic E-state index is 13.3. The third-order valence-electron chi connectivity index (χ3n) is 6.39. The Morgan fingerprint density at radius 2 is 1.85 bits per heavy atom. The Morgan fingerprint density at radius 1 is 1.26 bits per heavy atom. The number of likely N-dealkylation sites (N-methyl/N-ethyl adjacent to an activating group) is 1. The van der Waals surface area contributed by atoms with Crippen molar-refractivity contribution in [1.29, 1.82) is 0 Å².